The molecule has 0 aliphatic rings. The molecule has 2 aromatic carbocycles. The van der Waals surface area contributed by atoms with E-state index in [-0.39, 0.29) is 12.2 Å². The van der Waals surface area contributed by atoms with E-state index in [1.54, 1.807) is 31.6 Å². The van der Waals surface area contributed by atoms with E-state index in [4.69, 9.17) is 23.4 Å². The van der Waals surface area contributed by atoms with Crippen molar-refractivity contribution in [3.63, 3.8) is 0 Å². The minimum Gasteiger partial charge on any atom is -0.497 e. The fraction of sp³-hybridized carbons (Fsp3) is 0.333. The molecule has 0 amide bonds. The summed E-state index contributed by atoms with van der Waals surface area (Å²) in [6.07, 6.45) is 2.28. The lowest BCUT2D eigenvalue weighted by atomic mass is 10.0. The van der Waals surface area contributed by atoms with Crippen LogP contribution in [0.25, 0.3) is 11.5 Å². The molecule has 7 heteroatoms. The van der Waals surface area contributed by atoms with Gasteiger partial charge >= 0.3 is 0 Å². The predicted octanol–water partition coefficient (Wildman–Crippen LogP) is 4.97. The number of hydrogen-bond donors (Lipinski definition) is 0. The van der Waals surface area contributed by atoms with E-state index in [1.807, 2.05) is 32.0 Å². The van der Waals surface area contributed by atoms with Crippen LogP contribution in [-0.4, -0.2) is 38.2 Å². The van der Waals surface area contributed by atoms with Crippen molar-refractivity contribution in [3.8, 4) is 34.5 Å². The number of rotatable bonds is 11. The lowest BCUT2D eigenvalue weighted by molar-refractivity contribution is 0.0979. The minimum absolute atomic E-state index is 0.0556. The molecule has 0 atom stereocenters. The molecule has 0 aliphatic carbocycles. The molecule has 0 saturated heterocycles. The quantitative estimate of drug-likeness (QED) is 0.401. The average Bonchev–Trinajstić information content (AvgIpc) is 3.27. The van der Waals surface area contributed by atoms with E-state index < -0.39 is 0 Å². The largest absolute Gasteiger partial charge is 0.497 e. The van der Waals surface area contributed by atoms with E-state index in [9.17, 15) is 4.79 Å². The Hall–Kier alpha value is -3.48. The van der Waals surface area contributed by atoms with Crippen molar-refractivity contribution in [1.82, 2.24) is 4.98 Å². The zero-order valence-electron chi connectivity index (χ0n) is 18.3. The minimum atomic E-state index is -0.0556. The zero-order valence-corrected chi connectivity index (χ0v) is 18.3. The number of oxazole rings is 1. The summed E-state index contributed by atoms with van der Waals surface area (Å²) in [5, 5.41) is 0. The van der Waals surface area contributed by atoms with Gasteiger partial charge in [-0.2, -0.15) is 0 Å². The Morgan fingerprint density at radius 1 is 0.935 bits per heavy atom. The molecule has 0 N–H and O–H groups in total. The van der Waals surface area contributed by atoms with Gasteiger partial charge in [0.2, 0.25) is 5.89 Å². The molecule has 0 radical (unpaired) electrons. The van der Waals surface area contributed by atoms with Crippen LogP contribution >= 0.6 is 0 Å². The summed E-state index contributed by atoms with van der Waals surface area (Å²) in [6.45, 7) is 4.91. The fourth-order valence-electron chi connectivity index (χ4n) is 3.15. The molecule has 7 nitrogen and oxygen atoms in total. The van der Waals surface area contributed by atoms with Gasteiger partial charge in [-0.15, -0.1) is 0 Å². The standard InChI is InChI=1S/C24H27NO6/c1-5-29-22-11-7-16(13-23(22)30-6-2)24-25-17(15-31-24)8-10-20(26)19-14-18(27-3)9-12-21(19)28-4/h7,9,11-15H,5-6,8,10H2,1-4H3. The molecule has 1 aromatic heterocycles. The second-order valence-electron chi connectivity index (χ2n) is 6.66. The second kappa shape index (κ2) is 10.5. The van der Waals surface area contributed by atoms with Gasteiger partial charge < -0.3 is 23.4 Å². The molecule has 0 fully saturated rings. The number of Topliss-reactive ketones (excluding diaryl/α,β-unsaturated/α-hetero) is 1. The molecule has 0 spiro atoms. The van der Waals surface area contributed by atoms with Crippen molar-refractivity contribution in [2.45, 2.75) is 26.7 Å². The average molecular weight is 425 g/mol. The third kappa shape index (κ3) is 5.36. The highest BCUT2D eigenvalue weighted by atomic mass is 16.5. The number of aromatic nitrogens is 1. The number of ketones is 1. The topological polar surface area (TPSA) is 80.0 Å². The molecular weight excluding hydrogens is 398 g/mol. The first-order valence-corrected chi connectivity index (χ1v) is 10.2. The van der Waals surface area contributed by atoms with Crippen molar-refractivity contribution in [2.75, 3.05) is 27.4 Å². The summed E-state index contributed by atoms with van der Waals surface area (Å²) in [5.41, 5.74) is 1.95. The number of aryl methyl sites for hydroxylation is 1. The summed E-state index contributed by atoms with van der Waals surface area (Å²) in [5.74, 6) is 2.85. The van der Waals surface area contributed by atoms with Crippen LogP contribution in [0, 0.1) is 0 Å². The number of ether oxygens (including phenoxy) is 4. The molecular formula is C24H27NO6. The van der Waals surface area contributed by atoms with E-state index in [0.29, 0.717) is 59.8 Å². The van der Waals surface area contributed by atoms with Crippen LogP contribution < -0.4 is 18.9 Å². The SMILES string of the molecule is CCOc1ccc(-c2nc(CCC(=O)c3cc(OC)ccc3OC)co2)cc1OCC. The van der Waals surface area contributed by atoms with Gasteiger partial charge in [0.05, 0.1) is 38.7 Å². The van der Waals surface area contributed by atoms with Crippen molar-refractivity contribution >= 4 is 5.78 Å². The van der Waals surface area contributed by atoms with Crippen LogP contribution in [0.5, 0.6) is 23.0 Å². The maximum absolute atomic E-state index is 12.7. The van der Waals surface area contributed by atoms with Gasteiger partial charge in [0.15, 0.2) is 17.3 Å². The van der Waals surface area contributed by atoms with Crippen LogP contribution in [-0.2, 0) is 6.42 Å². The zero-order chi connectivity index (χ0) is 22.2. The number of carbonyl (C=O) groups excluding carboxylic acids is 1. The third-order valence-electron chi connectivity index (χ3n) is 4.66. The van der Waals surface area contributed by atoms with Gasteiger partial charge in [-0.25, -0.2) is 4.98 Å². The van der Waals surface area contributed by atoms with Gasteiger partial charge in [-0.3, -0.25) is 4.79 Å². The second-order valence-corrected chi connectivity index (χ2v) is 6.66. The molecule has 1 heterocycles. The van der Waals surface area contributed by atoms with Gasteiger partial charge in [0, 0.05) is 18.4 Å². The summed E-state index contributed by atoms with van der Waals surface area (Å²) in [7, 11) is 3.10. The monoisotopic (exact) mass is 425 g/mol. The lowest BCUT2D eigenvalue weighted by Crippen LogP contribution is -2.04. The van der Waals surface area contributed by atoms with E-state index in [2.05, 4.69) is 4.98 Å². The number of benzene rings is 2. The van der Waals surface area contributed by atoms with Crippen LogP contribution in [0.3, 0.4) is 0 Å². The van der Waals surface area contributed by atoms with Crippen molar-refractivity contribution in [3.05, 3.63) is 53.9 Å². The van der Waals surface area contributed by atoms with Gasteiger partial charge in [-0.1, -0.05) is 0 Å². The number of nitrogens with zero attached hydrogens (tertiary/aromatic N) is 1. The highest BCUT2D eigenvalue weighted by Crippen LogP contribution is 2.33. The van der Waals surface area contributed by atoms with E-state index in [1.165, 1.54) is 7.11 Å². The summed E-state index contributed by atoms with van der Waals surface area (Å²) >= 11 is 0. The van der Waals surface area contributed by atoms with Crippen LogP contribution in [0.1, 0.15) is 36.3 Å². The molecule has 0 aliphatic heterocycles. The Bertz CT molecular complexity index is 1030. The lowest BCUT2D eigenvalue weighted by Gasteiger charge is -2.11. The normalized spacial score (nSPS) is 10.6. The smallest absolute Gasteiger partial charge is 0.226 e. The Kier molecular flexibility index (Phi) is 7.54. The maximum atomic E-state index is 12.7. The van der Waals surface area contributed by atoms with Crippen LogP contribution in [0.4, 0.5) is 0 Å². The Balaban J connectivity index is 1.72. The van der Waals surface area contributed by atoms with Gasteiger partial charge in [0.25, 0.3) is 0 Å². The summed E-state index contributed by atoms with van der Waals surface area (Å²) in [6, 6.07) is 10.7. The first kappa shape index (κ1) is 22.2. The molecule has 3 rings (SSSR count). The van der Waals surface area contributed by atoms with Crippen molar-refractivity contribution in [1.29, 1.82) is 0 Å². The molecule has 164 valence electrons. The molecule has 0 saturated carbocycles. The summed E-state index contributed by atoms with van der Waals surface area (Å²) < 4.78 is 27.4. The van der Waals surface area contributed by atoms with Crippen LogP contribution in [0.2, 0.25) is 0 Å². The van der Waals surface area contributed by atoms with Crippen molar-refractivity contribution in [2.24, 2.45) is 0 Å². The maximum Gasteiger partial charge on any atom is 0.226 e. The van der Waals surface area contributed by atoms with Crippen LogP contribution in [0.15, 0.2) is 47.1 Å². The summed E-state index contributed by atoms with van der Waals surface area (Å²) in [4.78, 5) is 17.3. The fourth-order valence-corrected chi connectivity index (χ4v) is 3.15. The Morgan fingerprint density at radius 3 is 2.39 bits per heavy atom. The number of carbonyl (C=O) groups is 1. The van der Waals surface area contributed by atoms with Crippen molar-refractivity contribution < 1.29 is 28.2 Å². The Morgan fingerprint density at radius 2 is 1.68 bits per heavy atom. The first-order chi connectivity index (χ1) is 15.1. The van der Waals surface area contributed by atoms with Gasteiger partial charge in [-0.05, 0) is 50.2 Å². The highest BCUT2D eigenvalue weighted by molar-refractivity contribution is 5.99. The molecule has 0 bridgehead atoms. The molecule has 0 unspecified atom stereocenters. The van der Waals surface area contributed by atoms with E-state index >= 15 is 0 Å². The predicted molar refractivity (Wildman–Crippen MR) is 116 cm³/mol. The Labute approximate surface area is 181 Å². The first-order valence-electron chi connectivity index (χ1n) is 10.2. The molecule has 31 heavy (non-hydrogen) atoms. The van der Waals surface area contributed by atoms with E-state index in [0.717, 1.165) is 5.56 Å². The number of hydrogen-bond acceptors (Lipinski definition) is 7. The number of methoxy groups -OCH3 is 2. The van der Waals surface area contributed by atoms with Gasteiger partial charge in [0.1, 0.15) is 17.8 Å². The molecule has 3 aromatic rings. The highest BCUT2D eigenvalue weighted by Gasteiger charge is 2.16. The third-order valence-corrected chi connectivity index (χ3v) is 4.66.